The zero-order valence-electron chi connectivity index (χ0n) is 58.3. The van der Waals surface area contributed by atoms with Crippen molar-refractivity contribution in [3.05, 3.63) is 199 Å². The van der Waals surface area contributed by atoms with Crippen molar-refractivity contribution >= 4 is 17.8 Å². The molecule has 4 aromatic heterocycles. The molecule has 0 atom stereocenters. The van der Waals surface area contributed by atoms with Gasteiger partial charge in [-0.25, -0.2) is 14.2 Å². The van der Waals surface area contributed by atoms with E-state index >= 15 is 0 Å². The predicted octanol–water partition coefficient (Wildman–Crippen LogP) is 7.56. The molecule has 8 rings (SSSR count). The molecular weight excluding hydrogens is 1390 g/mol. The monoisotopic (exact) mass is 1480 g/mol. The Labute approximate surface area is 606 Å². The summed E-state index contributed by atoms with van der Waals surface area (Å²) in [5, 5.41) is 38.2. The molecule has 4 aromatic carbocycles. The molecule has 0 bridgehead atoms. The lowest BCUT2D eigenvalue weighted by Crippen LogP contribution is -2.38. The highest BCUT2D eigenvalue weighted by Gasteiger charge is 2.33. The highest BCUT2D eigenvalue weighted by atomic mass is 19.4. The number of nitriles is 2. The number of alkyl halides is 6. The first-order chi connectivity index (χ1) is 51.3. The van der Waals surface area contributed by atoms with Crippen LogP contribution < -0.4 is 43.2 Å². The Balaban J connectivity index is 0.578. The fourth-order valence-electron chi connectivity index (χ4n) is 10.6. The molecule has 27 nitrogen and oxygen atoms in total. The van der Waals surface area contributed by atoms with Gasteiger partial charge >= 0.3 is 18.4 Å². The predicted molar refractivity (Wildman–Crippen MR) is 376 cm³/mol. The van der Waals surface area contributed by atoms with Gasteiger partial charge in [0, 0.05) is 73.2 Å². The van der Waals surface area contributed by atoms with Gasteiger partial charge in [-0.15, -0.1) is 0 Å². The number of urea groups is 1. The van der Waals surface area contributed by atoms with Crippen molar-refractivity contribution in [3.63, 3.8) is 0 Å². The fraction of sp³-hybridized carbons (Fsp3) is 0.384. The number of ether oxygens (including phenoxy) is 8. The summed E-state index contributed by atoms with van der Waals surface area (Å²) < 4.78 is 133. The van der Waals surface area contributed by atoms with E-state index in [4.69, 9.17) is 37.9 Å². The summed E-state index contributed by atoms with van der Waals surface area (Å²) in [6.45, 7) is 9.49. The topological polar surface area (TPSA) is 324 Å². The third-order valence-corrected chi connectivity index (χ3v) is 15.9. The molecule has 0 saturated carbocycles. The number of halogens is 6. The third-order valence-electron chi connectivity index (χ3n) is 15.9. The summed E-state index contributed by atoms with van der Waals surface area (Å²) >= 11 is 0. The Hall–Kier alpha value is -10.4. The van der Waals surface area contributed by atoms with Gasteiger partial charge in [0.15, 0.2) is 0 Å². The molecule has 4 heterocycles. The van der Waals surface area contributed by atoms with Crippen molar-refractivity contribution < 1.29 is 78.6 Å². The second-order valence-electron chi connectivity index (χ2n) is 23.2. The van der Waals surface area contributed by atoms with E-state index < -0.39 is 46.4 Å². The second kappa shape index (κ2) is 41.9. The Kier molecular flexibility index (Phi) is 32.1. The maximum Gasteiger partial charge on any atom is 0.416 e. The summed E-state index contributed by atoms with van der Waals surface area (Å²) in [7, 11) is 0. The SMILES string of the molecule is Cc1c(-c2ccnn2-c2ccc(C#N)cc2)cc(C(=O)NCCOCCOCCOCCOCCNNCCCCNC(=O)NCCOCCOCCOCCOCCNC(=O)c2cc(-c3ccnn3-c3ccc(C#N)cc3)c(C)n(-c3cccc(C(F)(F)F)c3)c2=O)c(=O)n1-c1cccc(C(F)(F)F)c1. The number of hydrogen-bond donors (Lipinski definition) is 6. The lowest BCUT2D eigenvalue weighted by Gasteiger charge is -2.19. The van der Waals surface area contributed by atoms with Crippen molar-refractivity contribution in [2.75, 3.05) is 145 Å². The second-order valence-corrected chi connectivity index (χ2v) is 23.2. The zero-order valence-corrected chi connectivity index (χ0v) is 58.3. The van der Waals surface area contributed by atoms with Gasteiger partial charge in [-0.1, -0.05) is 12.1 Å². The number of nitrogens with one attached hydrogen (secondary N) is 6. The van der Waals surface area contributed by atoms with E-state index in [1.807, 2.05) is 0 Å². The van der Waals surface area contributed by atoms with Crippen LogP contribution in [0.1, 0.15) is 67.2 Å². The van der Waals surface area contributed by atoms with E-state index in [0.29, 0.717) is 124 Å². The van der Waals surface area contributed by atoms with Crippen LogP contribution in [-0.2, 0) is 50.2 Å². The maximum atomic E-state index is 14.0. The van der Waals surface area contributed by atoms with Crippen LogP contribution in [0, 0.1) is 36.5 Å². The molecule has 0 aliphatic carbocycles. The molecule has 0 spiro atoms. The van der Waals surface area contributed by atoms with E-state index in [9.17, 15) is 60.8 Å². The van der Waals surface area contributed by atoms with Gasteiger partial charge in [-0.2, -0.15) is 47.1 Å². The van der Waals surface area contributed by atoms with Crippen molar-refractivity contribution in [1.82, 2.24) is 60.8 Å². The number of carbonyl (C=O) groups excluding carboxylic acids is 3. The summed E-state index contributed by atoms with van der Waals surface area (Å²) in [5.41, 5.74) is 5.79. The summed E-state index contributed by atoms with van der Waals surface area (Å²) in [6, 6.07) is 31.5. The van der Waals surface area contributed by atoms with Crippen LogP contribution in [0.2, 0.25) is 0 Å². The van der Waals surface area contributed by atoms with Gasteiger partial charge in [0.25, 0.3) is 22.9 Å². The average Bonchev–Trinajstić information content (AvgIpc) is 1.27. The Morgan fingerprint density at radius 1 is 0.415 bits per heavy atom. The van der Waals surface area contributed by atoms with Crippen molar-refractivity contribution in [1.29, 1.82) is 10.5 Å². The van der Waals surface area contributed by atoms with E-state index in [-0.39, 0.29) is 106 Å². The number of nitrogens with zero attached hydrogens (tertiary/aromatic N) is 8. The first-order valence-corrected chi connectivity index (χ1v) is 33.9. The van der Waals surface area contributed by atoms with Crippen LogP contribution in [0.3, 0.4) is 0 Å². The molecule has 4 amide bonds. The first kappa shape index (κ1) is 81.2. The number of carbonyl (C=O) groups is 3. The standard InChI is InChI=1S/C73H82F6N14O13/c1-51-61(65-19-23-88-92(65)57-15-11-53(49-80)12-16-57)47-63(69(96)90(51)59-9-5-7-55(45-59)72(74,75)76)67(94)82-25-29-99-33-37-103-41-42-105-39-35-101-31-27-85-71(98)84-21-3-4-22-86-87-28-32-102-36-40-106-44-43-104-38-34-100-30-26-83-68(95)64-48-62(66-20-24-89-93(66)58-17-13-54(50-81)14-18-58)52(2)91(70(64)97)60-10-6-8-56(46-60)73(77,78)79/h5-20,23-24,45-48,86-87H,3-4,21-22,25-44H2,1-2H3,(H,82,94)(H,83,95)(H2,84,85,98). The number of unbranched alkanes of at least 4 members (excludes halogenated alkanes) is 1. The minimum atomic E-state index is -4.69. The number of aromatic nitrogens is 6. The van der Waals surface area contributed by atoms with Crippen molar-refractivity contribution in [3.8, 4) is 57.4 Å². The normalized spacial score (nSPS) is 11.5. The number of hydrogen-bond acceptors (Lipinski definition) is 19. The molecule has 0 saturated heterocycles. The lowest BCUT2D eigenvalue weighted by molar-refractivity contribution is -0.138. The number of amides is 4. The molecular formula is C73H82F6N14O13. The van der Waals surface area contributed by atoms with Gasteiger partial charge < -0.3 is 59.2 Å². The smallest absolute Gasteiger partial charge is 0.378 e. The zero-order chi connectivity index (χ0) is 75.7. The molecule has 33 heteroatoms. The van der Waals surface area contributed by atoms with Crippen LogP contribution in [0.15, 0.2) is 143 Å². The van der Waals surface area contributed by atoms with E-state index in [1.165, 1.54) is 58.2 Å². The third kappa shape index (κ3) is 24.3. The molecule has 8 aromatic rings. The summed E-state index contributed by atoms with van der Waals surface area (Å²) in [4.78, 5) is 67.3. The minimum absolute atomic E-state index is 0.00297. The van der Waals surface area contributed by atoms with Gasteiger partial charge in [0.2, 0.25) is 0 Å². The van der Waals surface area contributed by atoms with Crippen LogP contribution in [0.25, 0.3) is 45.3 Å². The van der Waals surface area contributed by atoms with E-state index in [0.717, 1.165) is 46.2 Å². The number of benzene rings is 4. The highest BCUT2D eigenvalue weighted by molar-refractivity contribution is 5.96. The number of rotatable bonds is 44. The quantitative estimate of drug-likeness (QED) is 0.0122. The van der Waals surface area contributed by atoms with Crippen LogP contribution >= 0.6 is 0 Å². The fourth-order valence-corrected chi connectivity index (χ4v) is 10.6. The summed E-state index contributed by atoms with van der Waals surface area (Å²) in [6.07, 6.45) is -4.82. The molecule has 0 aliphatic heterocycles. The largest absolute Gasteiger partial charge is 0.416 e. The maximum absolute atomic E-state index is 14.0. The molecule has 0 radical (unpaired) electrons. The molecule has 0 fully saturated rings. The highest BCUT2D eigenvalue weighted by Crippen LogP contribution is 2.34. The molecule has 6 N–H and O–H groups in total. The lowest BCUT2D eigenvalue weighted by atomic mass is 10.0. The van der Waals surface area contributed by atoms with Gasteiger partial charge in [0.1, 0.15) is 11.1 Å². The van der Waals surface area contributed by atoms with E-state index in [2.05, 4.69) is 54.5 Å². The van der Waals surface area contributed by atoms with Crippen LogP contribution in [-0.4, -0.2) is 192 Å². The molecule has 106 heavy (non-hydrogen) atoms. The molecule has 564 valence electrons. The Bertz CT molecular complexity index is 4360. The minimum Gasteiger partial charge on any atom is -0.378 e. The summed E-state index contributed by atoms with van der Waals surface area (Å²) in [5.74, 6) is -1.53. The van der Waals surface area contributed by atoms with Crippen LogP contribution in [0.4, 0.5) is 31.1 Å². The molecule has 0 aliphatic rings. The van der Waals surface area contributed by atoms with E-state index in [1.54, 1.807) is 74.5 Å². The molecule has 0 unspecified atom stereocenters. The number of hydrazine groups is 1. The number of pyridine rings is 2. The Morgan fingerprint density at radius 2 is 0.755 bits per heavy atom. The van der Waals surface area contributed by atoms with Crippen molar-refractivity contribution in [2.45, 2.75) is 39.0 Å². The van der Waals surface area contributed by atoms with Crippen molar-refractivity contribution in [2.24, 2.45) is 0 Å². The van der Waals surface area contributed by atoms with Gasteiger partial charge in [-0.3, -0.25) is 39.2 Å². The Morgan fingerprint density at radius 3 is 1.13 bits per heavy atom. The van der Waals surface area contributed by atoms with Gasteiger partial charge in [-0.05, 0) is 136 Å². The first-order valence-electron chi connectivity index (χ1n) is 33.9. The van der Waals surface area contributed by atoms with Crippen LogP contribution in [0.5, 0.6) is 0 Å². The van der Waals surface area contributed by atoms with Gasteiger partial charge in [0.05, 0.1) is 175 Å². The average molecular weight is 1480 g/mol.